The molecule has 11 heavy (non-hydrogen) atoms. The lowest BCUT2D eigenvalue weighted by Gasteiger charge is -1.93. The molecule has 0 amide bonds. The fourth-order valence-corrected chi connectivity index (χ4v) is 1.01. The third-order valence-electron chi connectivity index (χ3n) is 1.34. The van der Waals surface area contributed by atoms with Crippen LogP contribution >= 0.6 is 0 Å². The highest BCUT2D eigenvalue weighted by molar-refractivity contribution is 6.19. The maximum absolute atomic E-state index is 8.65. The van der Waals surface area contributed by atoms with Crippen molar-refractivity contribution < 1.29 is 0 Å². The number of nitrogens with zero attached hydrogens (tertiary/aromatic N) is 1. The first-order chi connectivity index (χ1) is 5.38. The first-order valence-corrected chi connectivity index (χ1v) is 3.79. The second-order valence-electron chi connectivity index (χ2n) is 2.03. The average Bonchev–Trinajstić information content (AvgIpc) is 2.06. The van der Waals surface area contributed by atoms with Gasteiger partial charge in [-0.05, 0) is 11.6 Å². The maximum atomic E-state index is 8.65. The van der Waals surface area contributed by atoms with Crippen molar-refractivity contribution in [2.45, 2.75) is 0 Å². The predicted molar refractivity (Wildman–Crippen MR) is 45.9 cm³/mol. The van der Waals surface area contributed by atoms with Gasteiger partial charge in [0.25, 0.3) is 0 Å². The van der Waals surface area contributed by atoms with E-state index in [-0.39, 0.29) is 0 Å². The van der Waals surface area contributed by atoms with Crippen molar-refractivity contribution in [3.63, 3.8) is 0 Å². The van der Waals surface area contributed by atoms with Gasteiger partial charge < -0.3 is 0 Å². The Hall–Kier alpha value is -1.33. The average molecular weight is 156 g/mol. The standard InChI is InChI=1S/C9H6NSi/c10-7-9-4-2-1-3-8(9)5-6-11/h1-6H. The molecule has 0 fully saturated rings. The molecule has 1 aromatic rings. The normalized spacial score (nSPS) is 9.82. The van der Waals surface area contributed by atoms with E-state index in [0.717, 1.165) is 5.56 Å². The van der Waals surface area contributed by atoms with Crippen molar-refractivity contribution in [2.75, 3.05) is 0 Å². The molecule has 0 aliphatic rings. The van der Waals surface area contributed by atoms with Crippen LogP contribution in [0.4, 0.5) is 0 Å². The van der Waals surface area contributed by atoms with E-state index in [1.54, 1.807) is 11.8 Å². The molecule has 1 rings (SSSR count). The Bertz CT molecular complexity index is 310. The van der Waals surface area contributed by atoms with Gasteiger partial charge in [-0.2, -0.15) is 5.26 Å². The quantitative estimate of drug-likeness (QED) is 0.568. The number of hydrogen-bond acceptors (Lipinski definition) is 1. The Morgan fingerprint density at radius 3 is 2.73 bits per heavy atom. The van der Waals surface area contributed by atoms with E-state index in [1.165, 1.54) is 0 Å². The zero-order chi connectivity index (χ0) is 8.10. The third kappa shape index (κ3) is 1.79. The van der Waals surface area contributed by atoms with Gasteiger partial charge in [0.2, 0.25) is 0 Å². The molecule has 0 heterocycles. The number of hydrogen-bond donors (Lipinski definition) is 0. The Morgan fingerprint density at radius 2 is 2.09 bits per heavy atom. The van der Waals surface area contributed by atoms with Gasteiger partial charge in [-0.15, -0.1) is 5.70 Å². The van der Waals surface area contributed by atoms with Crippen LogP contribution in [0.2, 0.25) is 0 Å². The molecule has 1 aromatic carbocycles. The van der Waals surface area contributed by atoms with Crippen molar-refractivity contribution in [3.05, 3.63) is 41.1 Å². The molecule has 0 saturated carbocycles. The molecule has 0 atom stereocenters. The first kappa shape index (κ1) is 7.77. The predicted octanol–water partition coefficient (Wildman–Crippen LogP) is 1.70. The minimum atomic E-state index is 0.696. The zero-order valence-corrected chi connectivity index (χ0v) is 6.91. The molecule has 0 aliphatic heterocycles. The van der Waals surface area contributed by atoms with Gasteiger partial charge in [-0.3, -0.25) is 0 Å². The summed E-state index contributed by atoms with van der Waals surface area (Å²) in [5.74, 6) is 0. The van der Waals surface area contributed by atoms with Crippen LogP contribution in [0.5, 0.6) is 0 Å². The number of benzene rings is 1. The van der Waals surface area contributed by atoms with Crippen LogP contribution in [0, 0.1) is 11.3 Å². The Kier molecular flexibility index (Phi) is 2.64. The molecule has 0 spiro atoms. The van der Waals surface area contributed by atoms with Crippen LogP contribution in [0.3, 0.4) is 0 Å². The van der Waals surface area contributed by atoms with Crippen LogP contribution in [0.25, 0.3) is 6.08 Å². The molecule has 51 valence electrons. The van der Waals surface area contributed by atoms with E-state index in [4.69, 9.17) is 5.26 Å². The van der Waals surface area contributed by atoms with Crippen molar-refractivity contribution in [1.82, 2.24) is 0 Å². The SMILES string of the molecule is N#Cc1ccccc1C=C[Si]. The van der Waals surface area contributed by atoms with E-state index in [1.807, 2.05) is 24.3 Å². The third-order valence-corrected chi connectivity index (χ3v) is 1.51. The van der Waals surface area contributed by atoms with Crippen molar-refractivity contribution in [3.8, 4) is 6.07 Å². The van der Waals surface area contributed by atoms with Crippen LogP contribution in [-0.4, -0.2) is 10.2 Å². The molecule has 0 N–H and O–H groups in total. The summed E-state index contributed by atoms with van der Waals surface area (Å²) in [6.45, 7) is 0. The monoisotopic (exact) mass is 156 g/mol. The minimum Gasteiger partial charge on any atom is -0.192 e. The van der Waals surface area contributed by atoms with Crippen LogP contribution in [0.1, 0.15) is 11.1 Å². The highest BCUT2D eigenvalue weighted by Crippen LogP contribution is 2.07. The second-order valence-corrected chi connectivity index (χ2v) is 2.37. The van der Waals surface area contributed by atoms with E-state index in [9.17, 15) is 0 Å². The Morgan fingerprint density at radius 1 is 1.36 bits per heavy atom. The fraction of sp³-hybridized carbons (Fsp3) is 0. The summed E-state index contributed by atoms with van der Waals surface area (Å²) in [5, 5.41) is 8.65. The molecule has 0 aliphatic carbocycles. The van der Waals surface area contributed by atoms with Gasteiger partial charge in [0.1, 0.15) is 0 Å². The highest BCUT2D eigenvalue weighted by atomic mass is 28.1. The maximum Gasteiger partial charge on any atom is 0.0997 e. The molecule has 0 unspecified atom stereocenters. The van der Waals surface area contributed by atoms with Gasteiger partial charge in [-0.1, -0.05) is 24.3 Å². The molecule has 1 nitrogen and oxygen atoms in total. The van der Waals surface area contributed by atoms with Gasteiger partial charge >= 0.3 is 0 Å². The van der Waals surface area contributed by atoms with E-state index in [0.29, 0.717) is 5.56 Å². The van der Waals surface area contributed by atoms with Crippen LogP contribution in [0.15, 0.2) is 30.0 Å². The van der Waals surface area contributed by atoms with Crippen molar-refractivity contribution >= 4 is 16.3 Å². The van der Waals surface area contributed by atoms with Gasteiger partial charge in [0.15, 0.2) is 0 Å². The summed E-state index contributed by atoms with van der Waals surface area (Å²) in [5.41, 5.74) is 3.36. The lowest BCUT2D eigenvalue weighted by molar-refractivity contribution is 1.47. The Balaban J connectivity index is 3.15. The topological polar surface area (TPSA) is 23.8 Å². The summed E-state index contributed by atoms with van der Waals surface area (Å²) in [6, 6.07) is 9.55. The summed E-state index contributed by atoms with van der Waals surface area (Å²) in [6.07, 6.45) is 1.84. The highest BCUT2D eigenvalue weighted by Gasteiger charge is 1.93. The van der Waals surface area contributed by atoms with Crippen LogP contribution in [-0.2, 0) is 0 Å². The van der Waals surface area contributed by atoms with Crippen molar-refractivity contribution in [1.29, 1.82) is 5.26 Å². The zero-order valence-electron chi connectivity index (χ0n) is 5.91. The smallest absolute Gasteiger partial charge is 0.0997 e. The largest absolute Gasteiger partial charge is 0.192 e. The van der Waals surface area contributed by atoms with E-state index in [2.05, 4.69) is 16.3 Å². The lowest BCUT2D eigenvalue weighted by atomic mass is 10.1. The first-order valence-electron chi connectivity index (χ1n) is 3.21. The summed E-state index contributed by atoms with van der Waals surface area (Å²) >= 11 is 0. The molecule has 0 saturated heterocycles. The Labute approximate surface area is 69.4 Å². The fourth-order valence-electron chi connectivity index (χ4n) is 0.834. The molecular weight excluding hydrogens is 150 g/mol. The summed E-state index contributed by atoms with van der Waals surface area (Å²) in [4.78, 5) is 0. The van der Waals surface area contributed by atoms with E-state index < -0.39 is 0 Å². The number of rotatable bonds is 1. The summed E-state index contributed by atoms with van der Waals surface area (Å²) in [7, 11) is 3.20. The summed E-state index contributed by atoms with van der Waals surface area (Å²) < 4.78 is 0. The molecule has 0 aromatic heterocycles. The molecule has 0 bridgehead atoms. The van der Waals surface area contributed by atoms with Gasteiger partial charge in [-0.25, -0.2) is 0 Å². The van der Waals surface area contributed by atoms with Crippen molar-refractivity contribution in [2.24, 2.45) is 0 Å². The lowest BCUT2D eigenvalue weighted by Crippen LogP contribution is -1.79. The molecular formula is C9H6NSi. The van der Waals surface area contributed by atoms with Gasteiger partial charge in [0.05, 0.1) is 21.9 Å². The van der Waals surface area contributed by atoms with Crippen LogP contribution < -0.4 is 0 Å². The second kappa shape index (κ2) is 3.74. The van der Waals surface area contributed by atoms with E-state index >= 15 is 0 Å². The van der Waals surface area contributed by atoms with Gasteiger partial charge in [0, 0.05) is 0 Å². The molecule has 2 heteroatoms. The molecule has 3 radical (unpaired) electrons. The number of nitriles is 1. The minimum absolute atomic E-state index is 0.696.